The van der Waals surface area contributed by atoms with Gasteiger partial charge in [0.05, 0.1) is 24.1 Å². The maximum Gasteiger partial charge on any atom is 0.335 e. The van der Waals surface area contributed by atoms with Crippen molar-refractivity contribution in [1.29, 1.82) is 0 Å². The van der Waals surface area contributed by atoms with Crippen LogP contribution in [-0.4, -0.2) is 25.2 Å². The highest BCUT2D eigenvalue weighted by Gasteiger charge is 2.09. The molecule has 0 aliphatic rings. The van der Waals surface area contributed by atoms with Crippen LogP contribution in [0.1, 0.15) is 29.4 Å². The van der Waals surface area contributed by atoms with Gasteiger partial charge in [-0.3, -0.25) is 0 Å². The van der Waals surface area contributed by atoms with Crippen LogP contribution in [0.3, 0.4) is 0 Å². The Bertz CT molecular complexity index is 786. The average Bonchev–Trinajstić information content (AvgIpc) is 3.07. The van der Waals surface area contributed by atoms with Crippen LogP contribution in [0.4, 0.5) is 0 Å². The summed E-state index contributed by atoms with van der Waals surface area (Å²) < 4.78 is 4.19. The van der Waals surface area contributed by atoms with E-state index in [1.54, 1.807) is 12.1 Å². The van der Waals surface area contributed by atoms with Crippen molar-refractivity contribution in [1.82, 2.24) is 14.1 Å². The molecular weight excluding hydrogens is 266 g/mol. The maximum atomic E-state index is 11.1. The van der Waals surface area contributed by atoms with E-state index in [0.717, 1.165) is 29.6 Å². The molecule has 0 saturated heterocycles. The third-order valence-corrected chi connectivity index (χ3v) is 3.62. The Morgan fingerprint density at radius 3 is 2.90 bits per heavy atom. The standard InChI is InChI=1S/C16H17N3O2/c1-2-6-19-11-17-9-14(19)10-18-7-5-12-3-4-13(16(20)21)8-15(12)18/h3-5,7-9,11H,2,6,10H2,1H3,(H,20,21). The lowest BCUT2D eigenvalue weighted by Gasteiger charge is -2.09. The molecule has 0 fully saturated rings. The van der Waals surface area contributed by atoms with Crippen LogP contribution in [-0.2, 0) is 13.1 Å². The number of aromatic carboxylic acids is 1. The lowest BCUT2D eigenvalue weighted by atomic mass is 10.1. The summed E-state index contributed by atoms with van der Waals surface area (Å²) in [6.45, 7) is 3.76. The van der Waals surface area contributed by atoms with Crippen molar-refractivity contribution in [2.24, 2.45) is 0 Å². The number of carbonyl (C=O) groups is 1. The zero-order valence-electron chi connectivity index (χ0n) is 11.9. The molecule has 0 atom stereocenters. The number of imidazole rings is 1. The number of carboxylic acid groups (broad SMARTS) is 1. The molecule has 0 bridgehead atoms. The molecule has 2 aromatic heterocycles. The molecule has 3 rings (SSSR count). The largest absolute Gasteiger partial charge is 0.478 e. The second kappa shape index (κ2) is 5.44. The van der Waals surface area contributed by atoms with E-state index in [-0.39, 0.29) is 0 Å². The molecule has 3 aromatic rings. The minimum absolute atomic E-state index is 0.310. The fraction of sp³-hybridized carbons (Fsp3) is 0.250. The Kier molecular flexibility index (Phi) is 3.48. The highest BCUT2D eigenvalue weighted by Crippen LogP contribution is 2.19. The number of carboxylic acids is 1. The molecule has 5 nitrogen and oxygen atoms in total. The van der Waals surface area contributed by atoms with E-state index in [4.69, 9.17) is 5.11 Å². The van der Waals surface area contributed by atoms with E-state index in [2.05, 4.69) is 21.0 Å². The quantitative estimate of drug-likeness (QED) is 0.783. The summed E-state index contributed by atoms with van der Waals surface area (Å²) in [7, 11) is 0. The number of rotatable bonds is 5. The lowest BCUT2D eigenvalue weighted by Crippen LogP contribution is -2.06. The minimum Gasteiger partial charge on any atom is -0.478 e. The van der Waals surface area contributed by atoms with Crippen molar-refractivity contribution in [2.45, 2.75) is 26.4 Å². The molecule has 0 radical (unpaired) electrons. The number of aromatic nitrogens is 3. The molecule has 0 aliphatic carbocycles. The number of hydrogen-bond donors (Lipinski definition) is 1. The van der Waals surface area contributed by atoms with Crippen molar-refractivity contribution < 1.29 is 9.90 Å². The Labute approximate surface area is 122 Å². The Morgan fingerprint density at radius 2 is 2.14 bits per heavy atom. The predicted octanol–water partition coefficient (Wildman–Crippen LogP) is 2.99. The lowest BCUT2D eigenvalue weighted by molar-refractivity contribution is 0.0697. The molecular formula is C16H17N3O2. The molecule has 0 saturated carbocycles. The van der Waals surface area contributed by atoms with Gasteiger partial charge < -0.3 is 14.2 Å². The van der Waals surface area contributed by atoms with E-state index < -0.39 is 5.97 Å². The summed E-state index contributed by atoms with van der Waals surface area (Å²) in [5.74, 6) is -0.902. The van der Waals surface area contributed by atoms with E-state index in [1.165, 1.54) is 0 Å². The molecule has 0 spiro atoms. The summed E-state index contributed by atoms with van der Waals surface area (Å²) in [5.41, 5.74) is 2.36. The van der Waals surface area contributed by atoms with Gasteiger partial charge in [-0.15, -0.1) is 0 Å². The normalized spacial score (nSPS) is 11.1. The third kappa shape index (κ3) is 2.54. The van der Waals surface area contributed by atoms with Gasteiger partial charge in [-0.05, 0) is 30.0 Å². The molecule has 0 unspecified atom stereocenters. The number of aryl methyl sites for hydroxylation is 1. The summed E-state index contributed by atoms with van der Waals surface area (Å²) in [6.07, 6.45) is 6.74. The first-order valence-electron chi connectivity index (χ1n) is 7.00. The van der Waals surface area contributed by atoms with E-state index in [0.29, 0.717) is 12.1 Å². The van der Waals surface area contributed by atoms with Crippen LogP contribution in [0.25, 0.3) is 10.9 Å². The summed E-state index contributed by atoms with van der Waals surface area (Å²) in [4.78, 5) is 15.3. The average molecular weight is 283 g/mol. The minimum atomic E-state index is -0.902. The first-order chi connectivity index (χ1) is 10.2. The summed E-state index contributed by atoms with van der Waals surface area (Å²) in [5, 5.41) is 10.2. The van der Waals surface area contributed by atoms with Gasteiger partial charge in [-0.25, -0.2) is 9.78 Å². The second-order valence-electron chi connectivity index (χ2n) is 5.10. The Balaban J connectivity index is 1.98. The monoisotopic (exact) mass is 283 g/mol. The van der Waals surface area contributed by atoms with Crippen molar-refractivity contribution in [3.8, 4) is 0 Å². The van der Waals surface area contributed by atoms with Gasteiger partial charge in [0.1, 0.15) is 0 Å². The van der Waals surface area contributed by atoms with Gasteiger partial charge in [0.15, 0.2) is 0 Å². The van der Waals surface area contributed by atoms with Crippen LogP contribution in [0.15, 0.2) is 43.0 Å². The zero-order valence-corrected chi connectivity index (χ0v) is 11.9. The molecule has 108 valence electrons. The van der Waals surface area contributed by atoms with E-state index in [1.807, 2.05) is 30.9 Å². The molecule has 1 N–H and O–H groups in total. The second-order valence-corrected chi connectivity index (χ2v) is 5.10. The Morgan fingerprint density at radius 1 is 1.29 bits per heavy atom. The number of nitrogens with zero attached hydrogens (tertiary/aromatic N) is 3. The first-order valence-corrected chi connectivity index (χ1v) is 7.00. The highest BCUT2D eigenvalue weighted by atomic mass is 16.4. The first kappa shape index (κ1) is 13.4. The van der Waals surface area contributed by atoms with Crippen molar-refractivity contribution in [3.05, 3.63) is 54.2 Å². The topological polar surface area (TPSA) is 60.0 Å². The van der Waals surface area contributed by atoms with Gasteiger partial charge in [0.25, 0.3) is 0 Å². The number of benzene rings is 1. The van der Waals surface area contributed by atoms with E-state index in [9.17, 15) is 4.79 Å². The fourth-order valence-corrected chi connectivity index (χ4v) is 2.55. The van der Waals surface area contributed by atoms with Crippen molar-refractivity contribution >= 4 is 16.9 Å². The Hall–Kier alpha value is -2.56. The summed E-state index contributed by atoms with van der Waals surface area (Å²) >= 11 is 0. The van der Waals surface area contributed by atoms with Crippen molar-refractivity contribution in [3.63, 3.8) is 0 Å². The van der Waals surface area contributed by atoms with Gasteiger partial charge in [0, 0.05) is 24.5 Å². The molecule has 0 amide bonds. The SMILES string of the molecule is CCCn1cncc1Cn1ccc2ccc(C(=O)O)cc21. The van der Waals surface area contributed by atoms with Crippen LogP contribution in [0.2, 0.25) is 0 Å². The van der Waals surface area contributed by atoms with Gasteiger partial charge >= 0.3 is 5.97 Å². The number of fused-ring (bicyclic) bond motifs is 1. The molecule has 5 heteroatoms. The molecule has 21 heavy (non-hydrogen) atoms. The molecule has 1 aromatic carbocycles. The van der Waals surface area contributed by atoms with Gasteiger partial charge in [0.2, 0.25) is 0 Å². The highest BCUT2D eigenvalue weighted by molar-refractivity contribution is 5.93. The van der Waals surface area contributed by atoms with Crippen LogP contribution >= 0.6 is 0 Å². The van der Waals surface area contributed by atoms with Gasteiger partial charge in [-0.1, -0.05) is 13.0 Å². The van der Waals surface area contributed by atoms with Gasteiger partial charge in [-0.2, -0.15) is 0 Å². The van der Waals surface area contributed by atoms with Crippen LogP contribution < -0.4 is 0 Å². The van der Waals surface area contributed by atoms with Crippen LogP contribution in [0, 0.1) is 0 Å². The maximum absolute atomic E-state index is 11.1. The smallest absolute Gasteiger partial charge is 0.335 e. The number of hydrogen-bond acceptors (Lipinski definition) is 2. The third-order valence-electron chi connectivity index (χ3n) is 3.62. The molecule has 0 aliphatic heterocycles. The van der Waals surface area contributed by atoms with E-state index >= 15 is 0 Å². The van der Waals surface area contributed by atoms with Crippen LogP contribution in [0.5, 0.6) is 0 Å². The predicted molar refractivity (Wildman–Crippen MR) is 80.5 cm³/mol. The fourth-order valence-electron chi connectivity index (χ4n) is 2.55. The van der Waals surface area contributed by atoms with Crippen molar-refractivity contribution in [2.75, 3.05) is 0 Å². The molecule has 2 heterocycles. The zero-order chi connectivity index (χ0) is 14.8. The summed E-state index contributed by atoms with van der Waals surface area (Å²) in [6, 6.07) is 7.20.